The lowest BCUT2D eigenvalue weighted by Crippen LogP contribution is -2.05. The van der Waals surface area contributed by atoms with Crippen molar-refractivity contribution in [1.82, 2.24) is 0 Å². The molecular formula is C15H12Br2F2O2. The summed E-state index contributed by atoms with van der Waals surface area (Å²) in [5, 5.41) is 9.36. The third-order valence-corrected chi connectivity index (χ3v) is 4.06. The first-order chi connectivity index (χ1) is 9.93. The molecule has 0 spiro atoms. The molecule has 0 saturated carbocycles. The Morgan fingerprint density at radius 2 is 1.90 bits per heavy atom. The minimum absolute atomic E-state index is 0.157. The Hall–Kier alpha value is -0.980. The van der Waals surface area contributed by atoms with E-state index in [1.165, 1.54) is 12.1 Å². The summed E-state index contributed by atoms with van der Waals surface area (Å²) in [5.74, 6) is -0.925. The molecule has 0 unspecified atom stereocenters. The normalized spacial score (nSPS) is 10.8. The molecule has 0 fully saturated rings. The van der Waals surface area contributed by atoms with Crippen LogP contribution in [0.4, 0.5) is 8.78 Å². The quantitative estimate of drug-likeness (QED) is 0.713. The highest BCUT2D eigenvalue weighted by molar-refractivity contribution is 9.10. The zero-order valence-electron chi connectivity index (χ0n) is 11.1. The van der Waals surface area contributed by atoms with Crippen LogP contribution in [0.2, 0.25) is 0 Å². The molecule has 0 aliphatic heterocycles. The summed E-state index contributed by atoms with van der Waals surface area (Å²) >= 11 is 6.34. The van der Waals surface area contributed by atoms with Gasteiger partial charge in [-0.3, -0.25) is 0 Å². The van der Waals surface area contributed by atoms with E-state index in [0.717, 1.165) is 10.0 Å². The van der Waals surface area contributed by atoms with Gasteiger partial charge in [-0.15, -0.1) is 0 Å². The zero-order chi connectivity index (χ0) is 15.6. The smallest absolute Gasteiger partial charge is 0.146 e. The number of halogens is 4. The minimum atomic E-state index is -0.685. The van der Waals surface area contributed by atoms with Gasteiger partial charge >= 0.3 is 0 Å². The summed E-state index contributed by atoms with van der Waals surface area (Å²) in [6.45, 7) is 1.32. The van der Waals surface area contributed by atoms with E-state index in [2.05, 4.69) is 31.9 Å². The Bertz CT molecular complexity index is 675. The SMILES string of the molecule is Cc1cc(Br)cc(CO)c1OCc1c(F)ccc(Br)c1F. The molecule has 0 aliphatic carbocycles. The van der Waals surface area contributed by atoms with Crippen molar-refractivity contribution in [3.63, 3.8) is 0 Å². The molecule has 112 valence electrons. The Kier molecular flexibility index (Phi) is 5.35. The Morgan fingerprint density at radius 1 is 1.19 bits per heavy atom. The van der Waals surface area contributed by atoms with E-state index in [9.17, 15) is 13.9 Å². The highest BCUT2D eigenvalue weighted by Crippen LogP contribution is 2.30. The van der Waals surface area contributed by atoms with Gasteiger partial charge < -0.3 is 9.84 Å². The van der Waals surface area contributed by atoms with Gasteiger partial charge in [0.15, 0.2) is 0 Å². The van der Waals surface area contributed by atoms with Crippen LogP contribution in [-0.4, -0.2) is 5.11 Å². The van der Waals surface area contributed by atoms with Gasteiger partial charge in [0, 0.05) is 10.0 Å². The zero-order valence-corrected chi connectivity index (χ0v) is 14.3. The molecule has 2 nitrogen and oxygen atoms in total. The van der Waals surface area contributed by atoms with Crippen LogP contribution in [-0.2, 0) is 13.2 Å². The molecule has 0 amide bonds. The maximum absolute atomic E-state index is 13.9. The van der Waals surface area contributed by atoms with Crippen molar-refractivity contribution < 1.29 is 18.6 Å². The number of rotatable bonds is 4. The fourth-order valence-corrected chi connectivity index (χ4v) is 2.96. The van der Waals surface area contributed by atoms with Gasteiger partial charge in [0.1, 0.15) is 24.0 Å². The number of aliphatic hydroxyl groups is 1. The first-order valence-corrected chi connectivity index (χ1v) is 7.67. The predicted molar refractivity (Wildman–Crippen MR) is 83.2 cm³/mol. The fraction of sp³-hybridized carbons (Fsp3) is 0.200. The number of benzene rings is 2. The standard InChI is InChI=1S/C15H12Br2F2O2/c1-8-4-10(16)5-9(6-20)15(8)21-7-11-13(18)3-2-12(17)14(11)19/h2-5,20H,6-7H2,1H3. The third-order valence-electron chi connectivity index (χ3n) is 2.99. The van der Waals surface area contributed by atoms with Crippen LogP contribution in [0.25, 0.3) is 0 Å². The van der Waals surface area contributed by atoms with Crippen LogP contribution in [0.5, 0.6) is 5.75 Å². The van der Waals surface area contributed by atoms with E-state index in [0.29, 0.717) is 11.3 Å². The fourth-order valence-electron chi connectivity index (χ4n) is 1.97. The molecule has 0 atom stereocenters. The van der Waals surface area contributed by atoms with E-state index >= 15 is 0 Å². The van der Waals surface area contributed by atoms with Crippen LogP contribution >= 0.6 is 31.9 Å². The number of hydrogen-bond acceptors (Lipinski definition) is 2. The lowest BCUT2D eigenvalue weighted by atomic mass is 10.1. The summed E-state index contributed by atoms with van der Waals surface area (Å²) in [4.78, 5) is 0. The van der Waals surface area contributed by atoms with Gasteiger partial charge in [0.05, 0.1) is 16.6 Å². The molecule has 0 aliphatic rings. The van der Waals surface area contributed by atoms with E-state index in [1.807, 2.05) is 6.07 Å². The van der Waals surface area contributed by atoms with Gasteiger partial charge in [0.2, 0.25) is 0 Å². The number of hydrogen-bond donors (Lipinski definition) is 1. The number of aryl methyl sites for hydroxylation is 1. The second kappa shape index (κ2) is 6.85. The first kappa shape index (κ1) is 16.4. The summed E-state index contributed by atoms with van der Waals surface area (Å²) in [7, 11) is 0. The monoisotopic (exact) mass is 420 g/mol. The molecule has 21 heavy (non-hydrogen) atoms. The highest BCUT2D eigenvalue weighted by Gasteiger charge is 2.15. The molecule has 2 aromatic carbocycles. The maximum Gasteiger partial charge on any atom is 0.146 e. The summed E-state index contributed by atoms with van der Waals surface area (Å²) < 4.78 is 34.1. The average molecular weight is 422 g/mol. The molecule has 0 bridgehead atoms. The second-order valence-electron chi connectivity index (χ2n) is 4.48. The van der Waals surface area contributed by atoms with Gasteiger partial charge in [-0.2, -0.15) is 0 Å². The van der Waals surface area contributed by atoms with Crippen LogP contribution in [0.3, 0.4) is 0 Å². The second-order valence-corrected chi connectivity index (χ2v) is 6.25. The van der Waals surface area contributed by atoms with Crippen molar-refractivity contribution in [3.05, 3.63) is 61.5 Å². The van der Waals surface area contributed by atoms with Crippen LogP contribution < -0.4 is 4.74 Å². The summed E-state index contributed by atoms with van der Waals surface area (Å²) in [6.07, 6.45) is 0. The maximum atomic E-state index is 13.9. The molecule has 6 heteroatoms. The Labute approximate surface area is 138 Å². The summed E-state index contributed by atoms with van der Waals surface area (Å²) in [6, 6.07) is 5.99. The van der Waals surface area contributed by atoms with Crippen molar-refractivity contribution in [2.45, 2.75) is 20.1 Å². The molecule has 0 saturated heterocycles. The van der Waals surface area contributed by atoms with E-state index in [4.69, 9.17) is 4.74 Å². The van der Waals surface area contributed by atoms with E-state index < -0.39 is 11.6 Å². The Balaban J connectivity index is 2.31. The molecule has 0 aromatic heterocycles. The lowest BCUT2D eigenvalue weighted by molar-refractivity contribution is 0.253. The molecule has 1 N–H and O–H groups in total. The van der Waals surface area contributed by atoms with Gasteiger partial charge in [-0.1, -0.05) is 15.9 Å². The van der Waals surface area contributed by atoms with Gasteiger partial charge in [-0.25, -0.2) is 8.78 Å². The number of aliphatic hydroxyl groups excluding tert-OH is 1. The van der Waals surface area contributed by atoms with Crippen LogP contribution in [0.15, 0.2) is 33.2 Å². The topological polar surface area (TPSA) is 29.5 Å². The van der Waals surface area contributed by atoms with Gasteiger partial charge in [0.25, 0.3) is 0 Å². The molecule has 0 heterocycles. The molecule has 2 aromatic rings. The van der Waals surface area contributed by atoms with Crippen molar-refractivity contribution in [2.75, 3.05) is 0 Å². The lowest BCUT2D eigenvalue weighted by Gasteiger charge is -2.15. The minimum Gasteiger partial charge on any atom is -0.488 e. The predicted octanol–water partition coefficient (Wildman–Crippen LogP) is 4.87. The van der Waals surface area contributed by atoms with Crippen molar-refractivity contribution in [1.29, 1.82) is 0 Å². The highest BCUT2D eigenvalue weighted by atomic mass is 79.9. The van der Waals surface area contributed by atoms with Crippen LogP contribution in [0, 0.1) is 18.6 Å². The summed E-state index contributed by atoms with van der Waals surface area (Å²) in [5.41, 5.74) is 1.16. The molecule has 2 rings (SSSR count). The van der Waals surface area contributed by atoms with Crippen LogP contribution in [0.1, 0.15) is 16.7 Å². The molecule has 0 radical (unpaired) electrons. The van der Waals surface area contributed by atoms with E-state index in [-0.39, 0.29) is 23.2 Å². The van der Waals surface area contributed by atoms with Crippen molar-refractivity contribution in [2.24, 2.45) is 0 Å². The van der Waals surface area contributed by atoms with E-state index in [1.54, 1.807) is 13.0 Å². The first-order valence-electron chi connectivity index (χ1n) is 6.09. The Morgan fingerprint density at radius 3 is 2.57 bits per heavy atom. The largest absolute Gasteiger partial charge is 0.488 e. The molecular weight excluding hydrogens is 410 g/mol. The van der Waals surface area contributed by atoms with Gasteiger partial charge in [-0.05, 0) is 52.7 Å². The van der Waals surface area contributed by atoms with Crippen molar-refractivity contribution >= 4 is 31.9 Å². The number of ether oxygens (including phenoxy) is 1. The average Bonchev–Trinajstić information content (AvgIpc) is 2.44. The third kappa shape index (κ3) is 3.62. The van der Waals surface area contributed by atoms with Crippen molar-refractivity contribution in [3.8, 4) is 5.75 Å².